The van der Waals surface area contributed by atoms with Crippen molar-refractivity contribution in [1.82, 2.24) is 19.5 Å². The lowest BCUT2D eigenvalue weighted by molar-refractivity contribution is -0.152. The van der Waals surface area contributed by atoms with Crippen LogP contribution in [0.5, 0.6) is 0 Å². The molecule has 0 aliphatic rings. The summed E-state index contributed by atoms with van der Waals surface area (Å²) in [5.41, 5.74) is 6.94. The second-order valence-electron chi connectivity index (χ2n) is 17.0. The molecule has 0 aromatic carbocycles. The van der Waals surface area contributed by atoms with Crippen molar-refractivity contribution in [1.29, 1.82) is 0 Å². The molecule has 0 spiro atoms. The highest BCUT2D eigenvalue weighted by Crippen LogP contribution is 2.48. The van der Waals surface area contributed by atoms with Crippen molar-refractivity contribution in [2.75, 3.05) is 25.7 Å². The maximum Gasteiger partial charge on any atom is 0.361 e. The Morgan fingerprint density at radius 2 is 0.967 bits per heavy atom. The molecule has 61 heavy (non-hydrogen) atoms. The van der Waals surface area contributed by atoms with Crippen LogP contribution in [0.1, 0.15) is 226 Å². The summed E-state index contributed by atoms with van der Waals surface area (Å²) >= 11 is 0. The van der Waals surface area contributed by atoms with Gasteiger partial charge in [-0.1, -0.05) is 194 Å². The fourth-order valence-electron chi connectivity index (χ4n) is 7.46. The Morgan fingerprint density at radius 1 is 0.590 bits per heavy atom. The Hall–Kier alpha value is -2.60. The molecule has 1 atom stereocenters. The van der Waals surface area contributed by atoms with E-state index in [1.165, 1.54) is 160 Å². The summed E-state index contributed by atoms with van der Waals surface area (Å²) in [4.78, 5) is 37.4. The van der Waals surface area contributed by atoms with Crippen LogP contribution in [0, 0.1) is 0 Å². The van der Waals surface area contributed by atoms with Crippen LogP contribution in [-0.4, -0.2) is 57.5 Å². The third-order valence-electron chi connectivity index (χ3n) is 11.3. The third kappa shape index (κ3) is 28.7. The number of nitrogens with zero attached hydrogens (tertiary/aromatic N) is 4. The molecule has 0 amide bonds. The molecule has 0 saturated carbocycles. The smallest absolute Gasteiger partial charge is 0.361 e. The Morgan fingerprint density at radius 3 is 1.36 bits per heavy atom. The van der Waals surface area contributed by atoms with Crippen molar-refractivity contribution in [3.05, 3.63) is 12.7 Å². The molecule has 13 nitrogen and oxygen atoms in total. The van der Waals surface area contributed by atoms with E-state index in [1.807, 2.05) is 0 Å². The lowest BCUT2D eigenvalue weighted by Gasteiger charge is -2.21. The normalized spacial score (nSPS) is 12.3. The number of carbonyl (C=O) groups excluding carboxylic acids is 2. The van der Waals surface area contributed by atoms with Crippen LogP contribution in [0.15, 0.2) is 12.7 Å². The van der Waals surface area contributed by atoms with Gasteiger partial charge in [0.2, 0.25) is 13.6 Å². The van der Waals surface area contributed by atoms with Gasteiger partial charge >= 0.3 is 19.5 Å². The molecular weight excluding hydrogens is 794 g/mol. The monoisotopic (exact) mass is 880 g/mol. The van der Waals surface area contributed by atoms with E-state index in [1.54, 1.807) is 17.8 Å². The number of nitrogen functional groups attached to an aromatic ring is 1. The van der Waals surface area contributed by atoms with Crippen LogP contribution in [0.25, 0.3) is 11.2 Å². The molecule has 0 aliphatic carbocycles. The van der Waals surface area contributed by atoms with Gasteiger partial charge in [0.25, 0.3) is 0 Å². The highest BCUT2D eigenvalue weighted by Gasteiger charge is 2.28. The van der Waals surface area contributed by atoms with E-state index in [0.717, 1.165) is 38.5 Å². The van der Waals surface area contributed by atoms with Crippen LogP contribution in [0.3, 0.4) is 0 Å². The highest BCUT2D eigenvalue weighted by molar-refractivity contribution is 7.53. The number of esters is 2. The summed E-state index contributed by atoms with van der Waals surface area (Å²) in [5.74, 6) is -0.593. The van der Waals surface area contributed by atoms with Crippen LogP contribution < -0.4 is 5.73 Å². The quantitative estimate of drug-likeness (QED) is 0.0290. The van der Waals surface area contributed by atoms with E-state index in [4.69, 9.17) is 29.0 Å². The van der Waals surface area contributed by atoms with Crippen molar-refractivity contribution >= 4 is 36.5 Å². The second-order valence-corrected chi connectivity index (χ2v) is 19.0. The van der Waals surface area contributed by atoms with E-state index in [9.17, 15) is 14.2 Å². The zero-order valence-corrected chi connectivity index (χ0v) is 39.7. The molecule has 1 unspecified atom stereocenters. The van der Waals surface area contributed by atoms with Crippen LogP contribution in [0.4, 0.5) is 5.82 Å². The first-order chi connectivity index (χ1) is 29.8. The maximum atomic E-state index is 13.7. The van der Waals surface area contributed by atoms with Crippen molar-refractivity contribution in [2.24, 2.45) is 0 Å². The molecular formula is C47H86N5O8P. The van der Waals surface area contributed by atoms with E-state index >= 15 is 0 Å². The molecule has 2 N–H and O–H groups in total. The summed E-state index contributed by atoms with van der Waals surface area (Å²) in [6.07, 6.45) is 39.8. The van der Waals surface area contributed by atoms with E-state index in [0.29, 0.717) is 17.7 Å². The average molecular weight is 880 g/mol. The standard InChI is InChI=1S/C47H86N5O8P/c1-4-6-8-10-12-14-16-18-20-22-24-26-28-30-32-34-43(53)56-39-59-61(55,41-58-42(3)36-52-38-51-45-46(48)49-37-50-47(45)52)60-40-57-44(54)35-33-31-29-27-25-23-21-19-17-15-13-11-9-7-5-2/h37-38,42H,4-36,39-41H2,1-3H3,(H2,48,49,50). The number of aromatic nitrogens is 4. The van der Waals surface area contributed by atoms with Gasteiger partial charge in [0.05, 0.1) is 19.0 Å². The molecule has 0 aliphatic heterocycles. The lowest BCUT2D eigenvalue weighted by Crippen LogP contribution is -2.19. The minimum atomic E-state index is -4.00. The first-order valence-electron chi connectivity index (χ1n) is 24.5. The summed E-state index contributed by atoms with van der Waals surface area (Å²) in [6, 6.07) is 0. The molecule has 14 heteroatoms. The largest absolute Gasteiger partial charge is 0.438 e. The van der Waals surface area contributed by atoms with Gasteiger partial charge in [-0.25, -0.2) is 15.0 Å². The molecule has 2 rings (SSSR count). The van der Waals surface area contributed by atoms with Gasteiger partial charge in [-0.15, -0.1) is 0 Å². The number of unbranched alkanes of at least 4 members (excludes halogenated alkanes) is 28. The Balaban J connectivity index is 1.64. The first-order valence-corrected chi connectivity index (χ1v) is 26.2. The van der Waals surface area contributed by atoms with Crippen LogP contribution in [0.2, 0.25) is 0 Å². The van der Waals surface area contributed by atoms with Crippen LogP contribution in [-0.2, 0) is 44.0 Å². The molecule has 0 radical (unpaired) electrons. The zero-order chi connectivity index (χ0) is 44.1. The molecule has 2 heterocycles. The summed E-state index contributed by atoms with van der Waals surface area (Å²) in [6.45, 7) is 5.49. The number of fused-ring (bicyclic) bond motifs is 1. The van der Waals surface area contributed by atoms with Gasteiger partial charge in [0.15, 0.2) is 11.5 Å². The van der Waals surface area contributed by atoms with E-state index in [2.05, 4.69) is 28.8 Å². The summed E-state index contributed by atoms with van der Waals surface area (Å²) < 4.78 is 42.9. The lowest BCUT2D eigenvalue weighted by atomic mass is 10.0. The number of hydrogen-bond acceptors (Lipinski definition) is 12. The number of nitrogens with two attached hydrogens (primary N) is 1. The van der Waals surface area contributed by atoms with Gasteiger partial charge in [0, 0.05) is 12.8 Å². The first kappa shape index (κ1) is 54.5. The van der Waals surface area contributed by atoms with Crippen molar-refractivity contribution < 1.29 is 37.4 Å². The highest BCUT2D eigenvalue weighted by atomic mass is 31.2. The van der Waals surface area contributed by atoms with Gasteiger partial charge in [-0.3, -0.25) is 23.2 Å². The molecule has 352 valence electrons. The molecule has 0 saturated heterocycles. The fourth-order valence-corrected chi connectivity index (χ4v) is 8.55. The number of anilines is 1. The number of hydrogen-bond donors (Lipinski definition) is 1. The fraction of sp³-hybridized carbons (Fsp3) is 0.851. The Kier molecular flexibility index (Phi) is 32.9. The minimum absolute atomic E-state index is 0.254. The van der Waals surface area contributed by atoms with Gasteiger partial charge in [-0.05, 0) is 19.8 Å². The van der Waals surface area contributed by atoms with Crippen molar-refractivity contribution in [3.8, 4) is 0 Å². The summed E-state index contributed by atoms with van der Waals surface area (Å²) in [5, 5.41) is 0. The van der Waals surface area contributed by atoms with Gasteiger partial charge in [-0.2, -0.15) is 0 Å². The SMILES string of the molecule is CCCCCCCCCCCCCCCCCC(=O)OCOP(=O)(COC(C)Cn1cnc2c(N)ncnc21)OCOC(=O)CCCCCCCCCCCCCCCCC. The molecule has 0 bridgehead atoms. The van der Waals surface area contributed by atoms with E-state index < -0.39 is 45.6 Å². The molecule has 0 fully saturated rings. The predicted octanol–water partition coefficient (Wildman–Crippen LogP) is 13.5. The Bertz CT molecular complexity index is 1370. The Labute approximate surface area is 369 Å². The van der Waals surface area contributed by atoms with Gasteiger partial charge in [0.1, 0.15) is 18.2 Å². The second kappa shape index (κ2) is 36.8. The number of ether oxygens (including phenoxy) is 3. The minimum Gasteiger partial charge on any atom is -0.438 e. The zero-order valence-electron chi connectivity index (χ0n) is 38.8. The van der Waals surface area contributed by atoms with Crippen LogP contribution >= 0.6 is 7.60 Å². The maximum absolute atomic E-state index is 13.7. The average Bonchev–Trinajstić information content (AvgIpc) is 3.66. The number of imidazole rings is 1. The summed E-state index contributed by atoms with van der Waals surface area (Å²) in [7, 11) is -4.00. The topological polar surface area (TPSA) is 167 Å². The van der Waals surface area contributed by atoms with Crippen molar-refractivity contribution in [2.45, 2.75) is 239 Å². The number of rotatable bonds is 43. The molecule has 2 aromatic rings. The predicted molar refractivity (Wildman–Crippen MR) is 246 cm³/mol. The van der Waals surface area contributed by atoms with Gasteiger partial charge < -0.3 is 24.5 Å². The molecule has 2 aromatic heterocycles. The number of carbonyl (C=O) groups is 2. The van der Waals surface area contributed by atoms with Crippen molar-refractivity contribution in [3.63, 3.8) is 0 Å². The third-order valence-corrected chi connectivity index (χ3v) is 12.8. The van der Waals surface area contributed by atoms with E-state index in [-0.39, 0.29) is 18.7 Å².